The maximum absolute atomic E-state index is 3.93. The Kier molecular flexibility index (Phi) is 2.61. The maximum Gasteiger partial charge on any atom is 0.0924 e. The highest BCUT2D eigenvalue weighted by molar-refractivity contribution is 9.10. The molecule has 1 N–H and O–H groups in total. The van der Waals surface area contributed by atoms with E-state index in [4.69, 9.17) is 0 Å². The monoisotopic (exact) mass is 254 g/mol. The largest absolute Gasteiger partial charge is 0.345 e. The molecule has 0 atom stereocenters. The summed E-state index contributed by atoms with van der Waals surface area (Å²) in [5.74, 6) is 0. The molecule has 0 saturated carbocycles. The van der Waals surface area contributed by atoms with Gasteiger partial charge in [0.25, 0.3) is 0 Å². The van der Waals surface area contributed by atoms with Crippen LogP contribution in [-0.2, 0) is 0 Å². The molecule has 0 fully saturated rings. The van der Waals surface area contributed by atoms with Crippen molar-refractivity contribution in [3.05, 3.63) is 39.0 Å². The van der Waals surface area contributed by atoms with Gasteiger partial charge in [-0.2, -0.15) is 0 Å². The van der Waals surface area contributed by atoms with E-state index in [1.807, 2.05) is 6.08 Å². The number of rotatable bonds is 2. The SMILES string of the molecule is Brc1csc(/C=C/c2cnc[nH]2)c1. The van der Waals surface area contributed by atoms with Gasteiger partial charge in [-0.25, -0.2) is 4.98 Å². The van der Waals surface area contributed by atoms with Crippen molar-refractivity contribution in [1.29, 1.82) is 0 Å². The second-order valence-electron chi connectivity index (χ2n) is 2.51. The summed E-state index contributed by atoms with van der Waals surface area (Å²) in [5, 5.41) is 2.06. The second kappa shape index (κ2) is 3.89. The fraction of sp³-hybridized carbons (Fsp3) is 0. The van der Waals surface area contributed by atoms with Crippen LogP contribution in [0.1, 0.15) is 10.6 Å². The van der Waals surface area contributed by atoms with Gasteiger partial charge in [-0.05, 0) is 34.1 Å². The van der Waals surface area contributed by atoms with Crippen LogP contribution in [0, 0.1) is 0 Å². The van der Waals surface area contributed by atoms with Gasteiger partial charge in [0.15, 0.2) is 0 Å². The molecule has 0 saturated heterocycles. The van der Waals surface area contributed by atoms with Crippen molar-refractivity contribution in [2.24, 2.45) is 0 Å². The number of H-pyrrole nitrogens is 1. The van der Waals surface area contributed by atoms with Crippen LogP contribution in [0.3, 0.4) is 0 Å². The molecule has 0 aliphatic carbocycles. The Morgan fingerprint density at radius 3 is 3.00 bits per heavy atom. The zero-order valence-corrected chi connectivity index (χ0v) is 9.10. The fourth-order valence-electron chi connectivity index (χ4n) is 0.945. The molecule has 2 nitrogen and oxygen atoms in total. The molecule has 0 bridgehead atoms. The van der Waals surface area contributed by atoms with E-state index in [0.717, 1.165) is 10.2 Å². The quantitative estimate of drug-likeness (QED) is 0.875. The van der Waals surface area contributed by atoms with Gasteiger partial charge in [-0.1, -0.05) is 0 Å². The highest BCUT2D eigenvalue weighted by atomic mass is 79.9. The van der Waals surface area contributed by atoms with Crippen molar-refractivity contribution >= 4 is 39.4 Å². The van der Waals surface area contributed by atoms with Crippen LogP contribution in [0.25, 0.3) is 12.2 Å². The Morgan fingerprint density at radius 1 is 1.46 bits per heavy atom. The molecule has 0 amide bonds. The first-order valence-electron chi connectivity index (χ1n) is 3.75. The zero-order chi connectivity index (χ0) is 9.10. The fourth-order valence-corrected chi connectivity index (χ4v) is 2.28. The highest BCUT2D eigenvalue weighted by Gasteiger charge is 1.92. The zero-order valence-electron chi connectivity index (χ0n) is 6.70. The van der Waals surface area contributed by atoms with Crippen LogP contribution in [0.15, 0.2) is 28.4 Å². The third-order valence-corrected chi connectivity index (χ3v) is 3.19. The highest BCUT2D eigenvalue weighted by Crippen LogP contribution is 2.21. The van der Waals surface area contributed by atoms with Crippen molar-refractivity contribution in [3.8, 4) is 0 Å². The first-order chi connectivity index (χ1) is 6.34. The molecule has 0 aliphatic heterocycles. The summed E-state index contributed by atoms with van der Waals surface area (Å²) in [5.41, 5.74) is 1.02. The number of hydrogen-bond acceptors (Lipinski definition) is 2. The number of imidazole rings is 1. The van der Waals surface area contributed by atoms with Crippen molar-refractivity contribution in [2.75, 3.05) is 0 Å². The summed E-state index contributed by atoms with van der Waals surface area (Å²) < 4.78 is 1.13. The number of hydrogen-bond donors (Lipinski definition) is 1. The molecule has 2 aromatic rings. The van der Waals surface area contributed by atoms with Crippen LogP contribution in [-0.4, -0.2) is 9.97 Å². The lowest BCUT2D eigenvalue weighted by Gasteiger charge is -1.82. The van der Waals surface area contributed by atoms with Gasteiger partial charge in [0.05, 0.1) is 18.2 Å². The molecule has 0 aromatic carbocycles. The Hall–Kier alpha value is -0.870. The third kappa shape index (κ3) is 2.29. The minimum atomic E-state index is 1.02. The molecule has 13 heavy (non-hydrogen) atoms. The molecular weight excluding hydrogens is 248 g/mol. The minimum absolute atomic E-state index is 1.02. The number of halogens is 1. The van der Waals surface area contributed by atoms with Crippen molar-refractivity contribution in [1.82, 2.24) is 9.97 Å². The van der Waals surface area contributed by atoms with E-state index < -0.39 is 0 Å². The third-order valence-electron chi connectivity index (χ3n) is 1.53. The smallest absolute Gasteiger partial charge is 0.0924 e. The first kappa shape index (κ1) is 8.72. The molecule has 4 heteroatoms. The first-order valence-corrected chi connectivity index (χ1v) is 5.42. The average molecular weight is 255 g/mol. The van der Waals surface area contributed by atoms with E-state index in [1.165, 1.54) is 4.88 Å². The van der Waals surface area contributed by atoms with Gasteiger partial charge < -0.3 is 4.98 Å². The molecule has 0 radical (unpaired) electrons. The molecule has 2 aromatic heterocycles. The molecule has 0 aliphatic rings. The van der Waals surface area contributed by atoms with Crippen LogP contribution >= 0.6 is 27.3 Å². The van der Waals surface area contributed by atoms with Crippen LogP contribution in [0.5, 0.6) is 0 Å². The number of aromatic nitrogens is 2. The van der Waals surface area contributed by atoms with Crippen LogP contribution in [0.4, 0.5) is 0 Å². The lowest BCUT2D eigenvalue weighted by atomic mass is 10.3. The molecule has 2 rings (SSSR count). The van der Waals surface area contributed by atoms with Gasteiger partial charge in [-0.15, -0.1) is 11.3 Å². The summed E-state index contributed by atoms with van der Waals surface area (Å²) in [7, 11) is 0. The number of aromatic amines is 1. The van der Waals surface area contributed by atoms with E-state index >= 15 is 0 Å². The predicted molar refractivity (Wildman–Crippen MR) is 59.5 cm³/mol. The number of thiophene rings is 1. The number of nitrogens with one attached hydrogen (secondary N) is 1. The summed E-state index contributed by atoms with van der Waals surface area (Å²) in [6, 6.07) is 2.08. The predicted octanol–water partition coefficient (Wildman–Crippen LogP) is 3.40. The summed E-state index contributed by atoms with van der Waals surface area (Å²) in [4.78, 5) is 8.16. The second-order valence-corrected chi connectivity index (χ2v) is 4.37. The van der Waals surface area contributed by atoms with E-state index in [9.17, 15) is 0 Å². The normalized spacial score (nSPS) is 11.2. The average Bonchev–Trinajstić information content (AvgIpc) is 2.71. The Labute approximate surface area is 88.5 Å². The molecular formula is C9H7BrN2S. The molecule has 2 heterocycles. The van der Waals surface area contributed by atoms with Crippen molar-refractivity contribution in [3.63, 3.8) is 0 Å². The van der Waals surface area contributed by atoms with E-state index in [0.29, 0.717) is 0 Å². The van der Waals surface area contributed by atoms with Crippen molar-refractivity contribution in [2.45, 2.75) is 0 Å². The summed E-state index contributed by atoms with van der Waals surface area (Å²) >= 11 is 5.11. The Balaban J connectivity index is 2.14. The topological polar surface area (TPSA) is 28.7 Å². The Morgan fingerprint density at radius 2 is 2.38 bits per heavy atom. The molecule has 0 unspecified atom stereocenters. The lowest BCUT2D eigenvalue weighted by Crippen LogP contribution is -1.65. The maximum atomic E-state index is 3.93. The van der Waals surface area contributed by atoms with Crippen LogP contribution in [0.2, 0.25) is 0 Å². The van der Waals surface area contributed by atoms with Gasteiger partial charge >= 0.3 is 0 Å². The summed E-state index contributed by atoms with van der Waals surface area (Å²) in [6.07, 6.45) is 7.53. The number of nitrogens with zero attached hydrogens (tertiary/aromatic N) is 1. The van der Waals surface area contributed by atoms with E-state index in [1.54, 1.807) is 23.9 Å². The van der Waals surface area contributed by atoms with Crippen LogP contribution < -0.4 is 0 Å². The van der Waals surface area contributed by atoms with Gasteiger partial charge in [0.1, 0.15) is 0 Å². The minimum Gasteiger partial charge on any atom is -0.345 e. The molecule has 0 spiro atoms. The Bertz CT molecular complexity index is 403. The van der Waals surface area contributed by atoms with E-state index in [-0.39, 0.29) is 0 Å². The standard InChI is InChI=1S/C9H7BrN2S/c10-7-3-9(13-5-7)2-1-8-4-11-6-12-8/h1-6H,(H,11,12)/b2-1+. The van der Waals surface area contributed by atoms with Gasteiger partial charge in [0, 0.05) is 14.7 Å². The van der Waals surface area contributed by atoms with E-state index in [2.05, 4.69) is 43.4 Å². The molecule has 66 valence electrons. The van der Waals surface area contributed by atoms with Crippen molar-refractivity contribution < 1.29 is 0 Å². The lowest BCUT2D eigenvalue weighted by molar-refractivity contribution is 1.31. The van der Waals surface area contributed by atoms with Gasteiger partial charge in [-0.3, -0.25) is 0 Å². The summed E-state index contributed by atoms with van der Waals surface area (Å²) in [6.45, 7) is 0. The van der Waals surface area contributed by atoms with Gasteiger partial charge in [0.2, 0.25) is 0 Å².